The molecule has 2 heterocycles. The number of ether oxygens (including phenoxy) is 1. The first kappa shape index (κ1) is 17.2. The fourth-order valence-corrected chi connectivity index (χ4v) is 3.61. The predicted octanol–water partition coefficient (Wildman–Crippen LogP) is 1.43. The Bertz CT molecular complexity index is 706. The molecule has 0 aliphatic heterocycles. The molecule has 3 amide bonds. The van der Waals surface area contributed by atoms with Crippen molar-refractivity contribution in [2.75, 3.05) is 32.1 Å². The molecular weight excluding hydrogens is 340 g/mol. The van der Waals surface area contributed by atoms with Crippen LogP contribution in [0.2, 0.25) is 0 Å². The molecule has 8 nitrogen and oxygen atoms in total. The van der Waals surface area contributed by atoms with Crippen molar-refractivity contribution in [3.05, 3.63) is 10.9 Å². The minimum Gasteiger partial charge on any atom is -0.451 e. The van der Waals surface area contributed by atoms with Crippen molar-refractivity contribution in [2.45, 2.75) is 6.92 Å². The zero-order valence-corrected chi connectivity index (χ0v) is 14.5. The SMILES string of the molecule is CCNC(=O)NC(=O)COC(=O)c1cc2sc(N(C)C)nc2s1. The van der Waals surface area contributed by atoms with Gasteiger partial charge in [-0.05, 0) is 13.0 Å². The van der Waals surface area contributed by atoms with Gasteiger partial charge in [0.05, 0.1) is 4.70 Å². The first-order valence-corrected chi connectivity index (χ1v) is 8.36. The summed E-state index contributed by atoms with van der Waals surface area (Å²) in [5.41, 5.74) is 0. The maximum Gasteiger partial charge on any atom is 0.348 e. The van der Waals surface area contributed by atoms with Gasteiger partial charge in [0.15, 0.2) is 11.7 Å². The number of anilines is 1. The van der Waals surface area contributed by atoms with E-state index < -0.39 is 24.5 Å². The second-order valence-corrected chi connectivity index (χ2v) is 6.69. The number of nitrogens with one attached hydrogen (secondary N) is 2. The highest BCUT2D eigenvalue weighted by Crippen LogP contribution is 2.34. The number of nitrogens with zero attached hydrogens (tertiary/aromatic N) is 2. The van der Waals surface area contributed by atoms with Gasteiger partial charge < -0.3 is 15.0 Å². The first-order valence-electron chi connectivity index (χ1n) is 6.73. The molecule has 0 saturated heterocycles. The van der Waals surface area contributed by atoms with Gasteiger partial charge in [0.2, 0.25) is 0 Å². The quantitative estimate of drug-likeness (QED) is 0.786. The summed E-state index contributed by atoms with van der Waals surface area (Å²) in [6.45, 7) is 1.60. The summed E-state index contributed by atoms with van der Waals surface area (Å²) in [6.07, 6.45) is 0. The van der Waals surface area contributed by atoms with Crippen molar-refractivity contribution < 1.29 is 19.1 Å². The van der Waals surface area contributed by atoms with Crippen LogP contribution in [0.15, 0.2) is 6.07 Å². The van der Waals surface area contributed by atoms with Crippen LogP contribution in [-0.4, -0.2) is 50.1 Å². The van der Waals surface area contributed by atoms with Crippen molar-refractivity contribution in [2.24, 2.45) is 0 Å². The number of rotatable bonds is 5. The van der Waals surface area contributed by atoms with E-state index in [-0.39, 0.29) is 0 Å². The maximum atomic E-state index is 11.9. The molecule has 0 aliphatic carbocycles. The van der Waals surface area contributed by atoms with Crippen LogP contribution in [0.3, 0.4) is 0 Å². The van der Waals surface area contributed by atoms with Gasteiger partial charge in [-0.15, -0.1) is 11.3 Å². The number of amides is 3. The van der Waals surface area contributed by atoms with E-state index in [1.54, 1.807) is 13.0 Å². The van der Waals surface area contributed by atoms with Crippen LogP contribution in [0.1, 0.15) is 16.6 Å². The van der Waals surface area contributed by atoms with Crippen molar-refractivity contribution in [3.63, 3.8) is 0 Å². The molecule has 0 aromatic carbocycles. The number of fused-ring (bicyclic) bond motifs is 1. The van der Waals surface area contributed by atoms with Crippen molar-refractivity contribution in [1.82, 2.24) is 15.6 Å². The monoisotopic (exact) mass is 356 g/mol. The average molecular weight is 356 g/mol. The number of esters is 1. The lowest BCUT2D eigenvalue weighted by molar-refractivity contribution is -0.123. The Balaban J connectivity index is 1.92. The highest BCUT2D eigenvalue weighted by Gasteiger charge is 2.17. The Morgan fingerprint density at radius 1 is 1.30 bits per heavy atom. The Morgan fingerprint density at radius 2 is 2.04 bits per heavy atom. The lowest BCUT2D eigenvalue weighted by Crippen LogP contribution is -2.41. The third-order valence-electron chi connectivity index (χ3n) is 2.59. The van der Waals surface area contributed by atoms with Crippen molar-refractivity contribution in [1.29, 1.82) is 0 Å². The molecule has 0 radical (unpaired) electrons. The Kier molecular flexibility index (Phi) is 5.50. The summed E-state index contributed by atoms with van der Waals surface area (Å²) in [7, 11) is 3.79. The van der Waals surface area contributed by atoms with Crippen molar-refractivity contribution in [3.8, 4) is 0 Å². The van der Waals surface area contributed by atoms with Crippen LogP contribution < -0.4 is 15.5 Å². The maximum absolute atomic E-state index is 11.9. The largest absolute Gasteiger partial charge is 0.451 e. The van der Waals surface area contributed by atoms with Crippen LogP contribution in [0, 0.1) is 0 Å². The minimum absolute atomic E-state index is 0.370. The molecule has 10 heteroatoms. The normalized spacial score (nSPS) is 10.4. The van der Waals surface area contributed by atoms with Gasteiger partial charge in [0, 0.05) is 20.6 Å². The van der Waals surface area contributed by atoms with Gasteiger partial charge in [-0.25, -0.2) is 14.6 Å². The molecule has 0 saturated carbocycles. The lowest BCUT2D eigenvalue weighted by Gasteiger charge is -2.05. The summed E-state index contributed by atoms with van der Waals surface area (Å²) in [6, 6.07) is 1.07. The molecule has 0 atom stereocenters. The van der Waals surface area contributed by atoms with E-state index in [4.69, 9.17) is 4.74 Å². The van der Waals surface area contributed by atoms with Crippen LogP contribution in [0.5, 0.6) is 0 Å². The molecular formula is C13H16N4O4S2. The number of thiophene rings is 1. The molecule has 2 aromatic rings. The van der Waals surface area contributed by atoms with Crippen LogP contribution >= 0.6 is 22.7 Å². The van der Waals surface area contributed by atoms with Crippen LogP contribution in [0.25, 0.3) is 9.53 Å². The molecule has 0 unspecified atom stereocenters. The summed E-state index contributed by atoms with van der Waals surface area (Å²) in [5.74, 6) is -1.30. The molecule has 0 bridgehead atoms. The second-order valence-electron chi connectivity index (χ2n) is 4.65. The standard InChI is InChI=1S/C13H16N4O4S2/c1-4-14-12(20)15-9(18)6-21-11(19)8-5-7-10(22-8)16-13(23-7)17(2)3/h5H,4,6H2,1-3H3,(H2,14,15,18,20). The fraction of sp³-hybridized carbons (Fsp3) is 0.385. The molecule has 2 rings (SSSR count). The van der Waals surface area contributed by atoms with E-state index in [1.165, 1.54) is 22.7 Å². The number of hydrogen-bond acceptors (Lipinski definition) is 8. The minimum atomic E-state index is -0.685. The summed E-state index contributed by atoms with van der Waals surface area (Å²) < 4.78 is 5.78. The van der Waals surface area contributed by atoms with Crippen molar-refractivity contribution >= 4 is 55.2 Å². The molecule has 0 aliphatic rings. The molecule has 0 fully saturated rings. The number of carbonyl (C=O) groups is 3. The summed E-state index contributed by atoms with van der Waals surface area (Å²) >= 11 is 2.67. The van der Waals surface area contributed by atoms with E-state index in [0.717, 1.165) is 14.7 Å². The zero-order chi connectivity index (χ0) is 17.0. The molecule has 2 N–H and O–H groups in total. The molecule has 124 valence electrons. The predicted molar refractivity (Wildman–Crippen MR) is 89.3 cm³/mol. The highest BCUT2D eigenvalue weighted by atomic mass is 32.1. The first-order chi connectivity index (χ1) is 10.9. The number of imide groups is 1. The number of aromatic nitrogens is 1. The van der Waals surface area contributed by atoms with Crippen LogP contribution in [-0.2, 0) is 9.53 Å². The highest BCUT2D eigenvalue weighted by molar-refractivity contribution is 7.29. The number of hydrogen-bond donors (Lipinski definition) is 2. The second kappa shape index (κ2) is 7.38. The van der Waals surface area contributed by atoms with E-state index in [0.29, 0.717) is 11.4 Å². The number of urea groups is 1. The molecule has 0 spiro atoms. The van der Waals surface area contributed by atoms with Gasteiger partial charge >= 0.3 is 12.0 Å². The smallest absolute Gasteiger partial charge is 0.348 e. The topological polar surface area (TPSA) is 101 Å². The Morgan fingerprint density at radius 3 is 2.65 bits per heavy atom. The van der Waals surface area contributed by atoms with Gasteiger partial charge in [0.1, 0.15) is 9.71 Å². The molecule has 2 aromatic heterocycles. The van der Waals surface area contributed by atoms with Gasteiger partial charge in [-0.1, -0.05) is 11.3 Å². The van der Waals surface area contributed by atoms with E-state index in [1.807, 2.05) is 19.0 Å². The fourth-order valence-electron chi connectivity index (χ4n) is 1.59. The van der Waals surface area contributed by atoms with E-state index in [9.17, 15) is 14.4 Å². The van der Waals surface area contributed by atoms with Gasteiger partial charge in [-0.2, -0.15) is 0 Å². The Hall–Kier alpha value is -2.20. The third kappa shape index (κ3) is 4.39. The third-order valence-corrected chi connectivity index (χ3v) is 4.89. The number of thiazole rings is 1. The zero-order valence-electron chi connectivity index (χ0n) is 12.8. The Labute approximate surface area is 140 Å². The lowest BCUT2D eigenvalue weighted by atomic mass is 10.5. The molecule has 23 heavy (non-hydrogen) atoms. The van der Waals surface area contributed by atoms with Gasteiger partial charge in [-0.3, -0.25) is 10.1 Å². The summed E-state index contributed by atoms with van der Waals surface area (Å²) in [4.78, 5) is 41.9. The summed E-state index contributed by atoms with van der Waals surface area (Å²) in [5, 5.41) is 5.31. The van der Waals surface area contributed by atoms with E-state index >= 15 is 0 Å². The van der Waals surface area contributed by atoms with E-state index in [2.05, 4.69) is 15.6 Å². The number of carbonyl (C=O) groups excluding carboxylic acids is 3. The average Bonchev–Trinajstić information content (AvgIpc) is 3.03. The van der Waals surface area contributed by atoms with Gasteiger partial charge in [0.25, 0.3) is 5.91 Å². The van der Waals surface area contributed by atoms with Crippen LogP contribution in [0.4, 0.5) is 9.93 Å².